The lowest BCUT2D eigenvalue weighted by atomic mass is 9.91. The van der Waals surface area contributed by atoms with Gasteiger partial charge in [0.15, 0.2) is 0 Å². The summed E-state index contributed by atoms with van der Waals surface area (Å²) in [6.07, 6.45) is 5.50. The van der Waals surface area contributed by atoms with Gasteiger partial charge in [0.1, 0.15) is 11.5 Å². The minimum absolute atomic E-state index is 0.0533. The molecule has 0 saturated heterocycles. The average molecular weight is 382 g/mol. The second-order valence-corrected chi connectivity index (χ2v) is 7.02. The lowest BCUT2D eigenvalue weighted by Gasteiger charge is -2.25. The minimum Gasteiger partial charge on any atom is -0.357 e. The molecule has 1 unspecified atom stereocenters. The van der Waals surface area contributed by atoms with Gasteiger partial charge in [-0.25, -0.2) is 9.37 Å². The second kappa shape index (κ2) is 7.38. The Morgan fingerprint density at radius 2 is 1.89 bits per heavy atom. The first-order valence-electron chi connectivity index (χ1n) is 9.22. The van der Waals surface area contributed by atoms with Crippen LogP contribution >= 0.6 is 0 Å². The van der Waals surface area contributed by atoms with Crippen LogP contribution in [0, 0.1) is 21.8 Å². The Morgan fingerprint density at radius 1 is 1.18 bits per heavy atom. The maximum absolute atomic E-state index is 13.4. The zero-order chi connectivity index (χ0) is 19.7. The van der Waals surface area contributed by atoms with Gasteiger partial charge in [0.25, 0.3) is 0 Å². The van der Waals surface area contributed by atoms with Crippen LogP contribution in [0.25, 0.3) is 5.65 Å². The van der Waals surface area contributed by atoms with Crippen molar-refractivity contribution in [2.24, 2.45) is 5.92 Å². The van der Waals surface area contributed by atoms with Gasteiger partial charge < -0.3 is 5.32 Å². The normalized spacial score (nSPS) is 15.6. The van der Waals surface area contributed by atoms with Crippen molar-refractivity contribution < 1.29 is 9.31 Å². The molecule has 7 nitrogen and oxygen atoms in total. The quantitative estimate of drug-likeness (QED) is 0.530. The first kappa shape index (κ1) is 18.1. The van der Waals surface area contributed by atoms with Crippen molar-refractivity contribution in [2.75, 3.05) is 5.32 Å². The zero-order valence-corrected chi connectivity index (χ0v) is 15.0. The van der Waals surface area contributed by atoms with Gasteiger partial charge in [-0.1, -0.05) is 31.0 Å². The monoisotopic (exact) mass is 382 g/mol. The number of anilines is 1. The lowest BCUT2D eigenvalue weighted by Crippen LogP contribution is -2.25. The van der Waals surface area contributed by atoms with Gasteiger partial charge in [-0.05, 0) is 48.6 Å². The zero-order valence-electron chi connectivity index (χ0n) is 15.0. The molecule has 8 heteroatoms. The highest BCUT2D eigenvalue weighted by molar-refractivity contribution is 5.60. The van der Waals surface area contributed by atoms with E-state index in [0.29, 0.717) is 5.65 Å². The van der Waals surface area contributed by atoms with Crippen molar-refractivity contribution in [3.63, 3.8) is 0 Å². The predicted molar refractivity (Wildman–Crippen MR) is 103 cm³/mol. The molecule has 2 aromatic heterocycles. The number of nitrogens with one attached hydrogen (secondary N) is 1. The highest BCUT2D eigenvalue weighted by Crippen LogP contribution is 2.38. The van der Waals surface area contributed by atoms with Crippen LogP contribution in [0.4, 0.5) is 15.9 Å². The minimum atomic E-state index is -0.734. The fourth-order valence-corrected chi connectivity index (χ4v) is 3.93. The number of nitrogens with zero attached hydrogens (tertiary/aromatic N) is 3. The molecule has 1 atom stereocenters. The highest BCUT2D eigenvalue weighted by atomic mass is 19.1. The SMILES string of the molecule is O=c1c([N+](=O)[O-])c(NC(c2ccc(F)cc2)C2CCCC2)nc2ccccn12. The van der Waals surface area contributed by atoms with Gasteiger partial charge in [-0.15, -0.1) is 0 Å². The second-order valence-electron chi connectivity index (χ2n) is 7.02. The van der Waals surface area contributed by atoms with Crippen LogP contribution in [0.2, 0.25) is 0 Å². The molecule has 144 valence electrons. The van der Waals surface area contributed by atoms with Crippen LogP contribution in [-0.2, 0) is 0 Å². The fraction of sp³-hybridized carbons (Fsp3) is 0.300. The number of benzene rings is 1. The van der Waals surface area contributed by atoms with Gasteiger partial charge in [0.2, 0.25) is 5.82 Å². The summed E-state index contributed by atoms with van der Waals surface area (Å²) >= 11 is 0. The molecule has 0 bridgehead atoms. The van der Waals surface area contributed by atoms with Crippen LogP contribution < -0.4 is 10.9 Å². The number of fused-ring (bicyclic) bond motifs is 1. The number of hydrogen-bond acceptors (Lipinski definition) is 5. The third kappa shape index (κ3) is 3.33. The Morgan fingerprint density at radius 3 is 2.57 bits per heavy atom. The van der Waals surface area contributed by atoms with Crippen LogP contribution in [0.15, 0.2) is 53.5 Å². The summed E-state index contributed by atoms with van der Waals surface area (Å²) in [4.78, 5) is 27.9. The Hall–Kier alpha value is -3.29. The molecular weight excluding hydrogens is 363 g/mol. The summed E-state index contributed by atoms with van der Waals surface area (Å²) in [5.41, 5.74) is -0.182. The maximum Gasteiger partial charge on any atom is 0.376 e. The first-order chi connectivity index (χ1) is 13.5. The van der Waals surface area contributed by atoms with Crippen molar-refractivity contribution in [3.05, 3.63) is 80.5 Å². The third-order valence-corrected chi connectivity index (χ3v) is 5.29. The van der Waals surface area contributed by atoms with Gasteiger partial charge in [-0.2, -0.15) is 0 Å². The van der Waals surface area contributed by atoms with E-state index in [4.69, 9.17) is 0 Å². The molecule has 0 amide bonds. The number of hydrogen-bond donors (Lipinski definition) is 1. The molecule has 28 heavy (non-hydrogen) atoms. The molecule has 1 aliphatic carbocycles. The van der Waals surface area contributed by atoms with E-state index in [0.717, 1.165) is 35.6 Å². The maximum atomic E-state index is 13.4. The number of aromatic nitrogens is 2. The Balaban J connectivity index is 1.82. The molecule has 0 radical (unpaired) electrons. The van der Waals surface area contributed by atoms with E-state index in [1.54, 1.807) is 30.3 Å². The van der Waals surface area contributed by atoms with Crippen molar-refractivity contribution in [3.8, 4) is 0 Å². The van der Waals surface area contributed by atoms with Crippen LogP contribution in [0.1, 0.15) is 37.3 Å². The smallest absolute Gasteiger partial charge is 0.357 e. The molecule has 1 fully saturated rings. The van der Waals surface area contributed by atoms with Gasteiger partial charge >= 0.3 is 11.2 Å². The summed E-state index contributed by atoms with van der Waals surface area (Å²) in [5.74, 6) is -0.175. The molecule has 1 aliphatic rings. The number of pyridine rings is 1. The molecule has 0 spiro atoms. The number of nitro groups is 1. The lowest BCUT2D eigenvalue weighted by molar-refractivity contribution is -0.385. The third-order valence-electron chi connectivity index (χ3n) is 5.29. The van der Waals surface area contributed by atoms with Crippen molar-refractivity contribution >= 4 is 17.2 Å². The summed E-state index contributed by atoms with van der Waals surface area (Å²) in [5, 5.41) is 14.8. The summed E-state index contributed by atoms with van der Waals surface area (Å²) in [6, 6.07) is 10.7. The van der Waals surface area contributed by atoms with Gasteiger partial charge in [0.05, 0.1) is 11.0 Å². The van der Waals surface area contributed by atoms with E-state index in [2.05, 4.69) is 10.3 Å². The molecule has 1 aromatic carbocycles. The Kier molecular flexibility index (Phi) is 4.77. The largest absolute Gasteiger partial charge is 0.376 e. The Bertz CT molecular complexity index is 1070. The number of rotatable bonds is 5. The van der Waals surface area contributed by atoms with E-state index in [1.165, 1.54) is 18.3 Å². The van der Waals surface area contributed by atoms with Crippen LogP contribution in [0.5, 0.6) is 0 Å². The molecule has 1 saturated carbocycles. The first-order valence-corrected chi connectivity index (χ1v) is 9.22. The van der Waals surface area contributed by atoms with Crippen LogP contribution in [0.3, 0.4) is 0 Å². The van der Waals surface area contributed by atoms with Crippen molar-refractivity contribution in [1.82, 2.24) is 9.38 Å². The van der Waals surface area contributed by atoms with E-state index in [9.17, 15) is 19.3 Å². The standard InChI is InChI=1S/C20H19FN4O3/c21-15-10-8-14(9-11-15)17(13-5-1-2-6-13)23-19-18(25(27)28)20(26)24-12-4-3-7-16(24)22-19/h3-4,7-13,17,23H,1-2,5-6H2. The summed E-state index contributed by atoms with van der Waals surface area (Å²) < 4.78 is 14.5. The topological polar surface area (TPSA) is 89.5 Å². The molecule has 1 N–H and O–H groups in total. The van der Waals surface area contributed by atoms with Gasteiger partial charge in [0, 0.05) is 6.20 Å². The molecule has 2 heterocycles. The molecular formula is C20H19FN4O3. The van der Waals surface area contributed by atoms with E-state index < -0.39 is 16.2 Å². The molecule has 4 rings (SSSR count). The van der Waals surface area contributed by atoms with E-state index >= 15 is 0 Å². The average Bonchev–Trinajstić information content (AvgIpc) is 3.21. The summed E-state index contributed by atoms with van der Waals surface area (Å²) in [7, 11) is 0. The summed E-state index contributed by atoms with van der Waals surface area (Å²) in [6.45, 7) is 0. The van der Waals surface area contributed by atoms with Crippen molar-refractivity contribution in [2.45, 2.75) is 31.7 Å². The van der Waals surface area contributed by atoms with Crippen LogP contribution in [-0.4, -0.2) is 14.3 Å². The molecule has 3 aromatic rings. The highest BCUT2D eigenvalue weighted by Gasteiger charge is 2.31. The van der Waals surface area contributed by atoms with E-state index in [-0.39, 0.29) is 23.6 Å². The van der Waals surface area contributed by atoms with Crippen molar-refractivity contribution in [1.29, 1.82) is 0 Å². The number of halogens is 1. The van der Waals surface area contributed by atoms with Gasteiger partial charge in [-0.3, -0.25) is 19.3 Å². The fourth-order valence-electron chi connectivity index (χ4n) is 3.93. The Labute approximate surface area is 160 Å². The predicted octanol–water partition coefficient (Wildman–Crippen LogP) is 4.09. The van der Waals surface area contributed by atoms with E-state index in [1.807, 2.05) is 0 Å². The molecule has 0 aliphatic heterocycles.